The zero-order valence-electron chi connectivity index (χ0n) is 15.8. The van der Waals surface area contributed by atoms with Crippen molar-refractivity contribution in [2.24, 2.45) is 11.8 Å². The number of carbonyl (C=O) groups excluding carboxylic acids is 1. The number of benzene rings is 1. The van der Waals surface area contributed by atoms with Crippen LogP contribution < -0.4 is 4.74 Å². The standard InChI is InChI=1S/C21H29FO4/c1-3-5-6-8-14-12-24-21(25-13-14)17-10-9-15-11-16(7-4-2)20(23)26-19(15)18(17)22/h9-10,14,16,21H,3-8,11-13H2,1-2H3. The molecule has 2 aliphatic rings. The molecule has 144 valence electrons. The molecule has 0 radical (unpaired) electrons. The Balaban J connectivity index is 1.66. The fourth-order valence-corrected chi connectivity index (χ4v) is 3.74. The van der Waals surface area contributed by atoms with Crippen LogP contribution in [0.2, 0.25) is 0 Å². The smallest absolute Gasteiger partial charge is 0.314 e. The lowest BCUT2D eigenvalue weighted by atomic mass is 9.91. The molecule has 2 heterocycles. The molecule has 1 aromatic rings. The van der Waals surface area contributed by atoms with Crippen molar-refractivity contribution in [3.63, 3.8) is 0 Å². The van der Waals surface area contributed by atoms with Gasteiger partial charge < -0.3 is 14.2 Å². The first-order valence-electron chi connectivity index (χ1n) is 9.90. The molecule has 0 aliphatic carbocycles. The molecule has 3 rings (SSSR count). The molecule has 0 amide bonds. The van der Waals surface area contributed by atoms with Gasteiger partial charge in [-0.3, -0.25) is 4.79 Å². The van der Waals surface area contributed by atoms with Gasteiger partial charge in [0.1, 0.15) is 0 Å². The number of rotatable bonds is 7. The number of unbranched alkanes of at least 4 members (excludes halogenated alkanes) is 2. The summed E-state index contributed by atoms with van der Waals surface area (Å²) in [6.45, 7) is 5.35. The maximum Gasteiger partial charge on any atom is 0.314 e. The van der Waals surface area contributed by atoms with Crippen molar-refractivity contribution in [3.8, 4) is 5.75 Å². The van der Waals surface area contributed by atoms with Gasteiger partial charge in [0.05, 0.1) is 19.1 Å². The topological polar surface area (TPSA) is 44.8 Å². The van der Waals surface area contributed by atoms with Crippen LogP contribution in [0.1, 0.15) is 69.8 Å². The molecule has 0 bridgehead atoms. The summed E-state index contributed by atoms with van der Waals surface area (Å²) in [5, 5.41) is 0. The number of carbonyl (C=O) groups is 1. The van der Waals surface area contributed by atoms with Gasteiger partial charge in [-0.25, -0.2) is 4.39 Å². The molecule has 1 saturated heterocycles. The normalized spacial score (nSPS) is 25.7. The molecule has 1 fully saturated rings. The quantitative estimate of drug-likeness (QED) is 0.390. The SMILES string of the molecule is CCCCCC1COC(c2ccc3c(c2F)OC(=O)C(CCC)C3)OC1. The molecule has 1 aromatic carbocycles. The summed E-state index contributed by atoms with van der Waals surface area (Å²) in [7, 11) is 0. The highest BCUT2D eigenvalue weighted by molar-refractivity contribution is 5.78. The van der Waals surface area contributed by atoms with E-state index in [0.29, 0.717) is 31.1 Å². The van der Waals surface area contributed by atoms with E-state index in [0.717, 1.165) is 24.8 Å². The first kappa shape index (κ1) is 19.3. The summed E-state index contributed by atoms with van der Waals surface area (Å²) in [6.07, 6.45) is 6.11. The van der Waals surface area contributed by atoms with Crippen molar-refractivity contribution in [1.82, 2.24) is 0 Å². The van der Waals surface area contributed by atoms with E-state index in [1.54, 1.807) is 6.07 Å². The molecule has 4 nitrogen and oxygen atoms in total. The minimum Gasteiger partial charge on any atom is -0.423 e. The molecule has 2 aliphatic heterocycles. The number of fused-ring (bicyclic) bond motifs is 1. The van der Waals surface area contributed by atoms with E-state index in [1.807, 2.05) is 13.0 Å². The van der Waals surface area contributed by atoms with Crippen LogP contribution >= 0.6 is 0 Å². The summed E-state index contributed by atoms with van der Waals surface area (Å²) in [5.41, 5.74) is 1.06. The van der Waals surface area contributed by atoms with Crippen LogP contribution in [0.25, 0.3) is 0 Å². The molecule has 0 N–H and O–H groups in total. The van der Waals surface area contributed by atoms with Gasteiger partial charge in [-0.1, -0.05) is 51.7 Å². The van der Waals surface area contributed by atoms with Crippen LogP contribution in [-0.4, -0.2) is 19.2 Å². The Kier molecular flexibility index (Phi) is 6.65. The third-order valence-electron chi connectivity index (χ3n) is 5.28. The van der Waals surface area contributed by atoms with E-state index < -0.39 is 12.1 Å². The third-order valence-corrected chi connectivity index (χ3v) is 5.28. The lowest BCUT2D eigenvalue weighted by Crippen LogP contribution is -2.30. The lowest BCUT2D eigenvalue weighted by Gasteiger charge is -2.31. The zero-order valence-corrected chi connectivity index (χ0v) is 15.8. The van der Waals surface area contributed by atoms with Crippen LogP contribution in [0.4, 0.5) is 4.39 Å². The van der Waals surface area contributed by atoms with Crippen molar-refractivity contribution in [2.75, 3.05) is 13.2 Å². The van der Waals surface area contributed by atoms with Crippen molar-refractivity contribution in [2.45, 2.75) is 65.1 Å². The molecule has 1 unspecified atom stereocenters. The monoisotopic (exact) mass is 364 g/mol. The van der Waals surface area contributed by atoms with Gasteiger partial charge in [0.15, 0.2) is 17.9 Å². The second-order valence-electron chi connectivity index (χ2n) is 7.43. The van der Waals surface area contributed by atoms with Gasteiger partial charge in [0.2, 0.25) is 0 Å². The second kappa shape index (κ2) is 8.96. The maximum absolute atomic E-state index is 14.9. The largest absolute Gasteiger partial charge is 0.423 e. The molecular formula is C21H29FO4. The number of ether oxygens (including phenoxy) is 3. The fraction of sp³-hybridized carbons (Fsp3) is 0.667. The Bertz CT molecular complexity index is 623. The third kappa shape index (κ3) is 4.26. The molecular weight excluding hydrogens is 335 g/mol. The minimum absolute atomic E-state index is 0.0529. The predicted octanol–water partition coefficient (Wildman–Crippen LogP) is 4.95. The second-order valence-corrected chi connectivity index (χ2v) is 7.43. The highest BCUT2D eigenvalue weighted by Crippen LogP contribution is 2.38. The number of esters is 1. The molecule has 0 saturated carbocycles. The van der Waals surface area contributed by atoms with E-state index >= 15 is 0 Å². The van der Waals surface area contributed by atoms with Gasteiger partial charge in [-0.15, -0.1) is 0 Å². The molecule has 26 heavy (non-hydrogen) atoms. The first-order chi connectivity index (χ1) is 12.6. The average molecular weight is 364 g/mol. The Labute approximate surface area is 155 Å². The Morgan fingerprint density at radius 2 is 1.85 bits per heavy atom. The fourth-order valence-electron chi connectivity index (χ4n) is 3.74. The van der Waals surface area contributed by atoms with E-state index in [9.17, 15) is 9.18 Å². The number of hydrogen-bond donors (Lipinski definition) is 0. The van der Waals surface area contributed by atoms with Crippen molar-refractivity contribution < 1.29 is 23.4 Å². The van der Waals surface area contributed by atoms with E-state index in [-0.39, 0.29) is 17.6 Å². The van der Waals surface area contributed by atoms with Crippen molar-refractivity contribution >= 4 is 5.97 Å². The zero-order chi connectivity index (χ0) is 18.5. The van der Waals surface area contributed by atoms with E-state index in [4.69, 9.17) is 14.2 Å². The van der Waals surface area contributed by atoms with Gasteiger partial charge in [-0.05, 0) is 24.8 Å². The maximum atomic E-state index is 14.9. The first-order valence-corrected chi connectivity index (χ1v) is 9.90. The van der Waals surface area contributed by atoms with E-state index in [1.165, 1.54) is 19.3 Å². The minimum atomic E-state index is -0.727. The lowest BCUT2D eigenvalue weighted by molar-refractivity contribution is -0.207. The van der Waals surface area contributed by atoms with Gasteiger partial charge in [0, 0.05) is 11.5 Å². The van der Waals surface area contributed by atoms with Crippen LogP contribution in [0.3, 0.4) is 0 Å². The van der Waals surface area contributed by atoms with Gasteiger partial charge in [0.25, 0.3) is 0 Å². The van der Waals surface area contributed by atoms with E-state index in [2.05, 4.69) is 6.92 Å². The van der Waals surface area contributed by atoms with Crippen LogP contribution in [0.5, 0.6) is 5.75 Å². The summed E-state index contributed by atoms with van der Waals surface area (Å²) in [6, 6.07) is 3.54. The van der Waals surface area contributed by atoms with Crippen LogP contribution in [-0.2, 0) is 20.7 Å². The van der Waals surface area contributed by atoms with Gasteiger partial charge in [-0.2, -0.15) is 0 Å². The van der Waals surface area contributed by atoms with Crippen molar-refractivity contribution in [3.05, 3.63) is 29.1 Å². The number of halogens is 1. The Morgan fingerprint density at radius 3 is 2.54 bits per heavy atom. The molecule has 5 heteroatoms. The highest BCUT2D eigenvalue weighted by atomic mass is 19.1. The molecule has 0 aromatic heterocycles. The summed E-state index contributed by atoms with van der Waals surface area (Å²) in [4.78, 5) is 12.1. The predicted molar refractivity (Wildman–Crippen MR) is 96.4 cm³/mol. The highest BCUT2D eigenvalue weighted by Gasteiger charge is 2.33. The molecule has 1 atom stereocenters. The van der Waals surface area contributed by atoms with Crippen molar-refractivity contribution in [1.29, 1.82) is 0 Å². The summed E-state index contributed by atoms with van der Waals surface area (Å²) in [5.74, 6) is -0.621. The Hall–Kier alpha value is -1.46. The molecule has 0 spiro atoms. The van der Waals surface area contributed by atoms with Gasteiger partial charge >= 0.3 is 5.97 Å². The Morgan fingerprint density at radius 1 is 1.08 bits per heavy atom. The van der Waals surface area contributed by atoms with Crippen LogP contribution in [0.15, 0.2) is 12.1 Å². The average Bonchev–Trinajstić information content (AvgIpc) is 2.65. The number of hydrogen-bond acceptors (Lipinski definition) is 4. The summed E-state index contributed by atoms with van der Waals surface area (Å²) >= 11 is 0. The van der Waals surface area contributed by atoms with Crippen LogP contribution in [0, 0.1) is 17.7 Å². The summed E-state index contributed by atoms with van der Waals surface area (Å²) < 4.78 is 31.8.